The average molecular weight is 323 g/mol. The van der Waals surface area contributed by atoms with Gasteiger partial charge in [-0.3, -0.25) is 9.69 Å². The lowest BCUT2D eigenvalue weighted by atomic mass is 10.3. The van der Waals surface area contributed by atoms with E-state index in [1.165, 1.54) is 17.0 Å². The monoisotopic (exact) mass is 323 g/mol. The van der Waals surface area contributed by atoms with Gasteiger partial charge in [-0.2, -0.15) is 0 Å². The van der Waals surface area contributed by atoms with Gasteiger partial charge in [0.2, 0.25) is 5.91 Å². The molecule has 1 saturated heterocycles. The summed E-state index contributed by atoms with van der Waals surface area (Å²) in [6, 6.07) is 5.52. The van der Waals surface area contributed by atoms with Gasteiger partial charge in [0.1, 0.15) is 12.4 Å². The number of carbonyl (C=O) groups is 2. The highest BCUT2D eigenvalue weighted by Crippen LogP contribution is 2.20. The van der Waals surface area contributed by atoms with Crippen LogP contribution < -0.4 is 10.2 Å². The predicted octanol–water partition coefficient (Wildman–Crippen LogP) is 1.61. The Morgan fingerprint density at radius 2 is 2.04 bits per heavy atom. The predicted molar refractivity (Wildman–Crippen MR) is 84.8 cm³/mol. The molecule has 1 N–H and O–H groups in total. The number of hydrogen-bond donors (Lipinski definition) is 1. The molecule has 23 heavy (non-hydrogen) atoms. The molecule has 0 bridgehead atoms. The molecule has 0 saturated carbocycles. The van der Waals surface area contributed by atoms with Crippen LogP contribution in [0.1, 0.15) is 13.3 Å². The van der Waals surface area contributed by atoms with Gasteiger partial charge in [-0.1, -0.05) is 0 Å². The number of hydrogen-bond acceptors (Lipinski definition) is 3. The van der Waals surface area contributed by atoms with E-state index in [1.807, 2.05) is 6.92 Å². The normalized spacial score (nSPS) is 14.4. The smallest absolute Gasteiger partial charge is 0.325 e. The first kappa shape index (κ1) is 17.2. The fraction of sp³-hybridized carbons (Fsp3) is 0.500. The highest BCUT2D eigenvalue weighted by atomic mass is 19.1. The molecule has 1 fully saturated rings. The molecule has 0 unspecified atom stereocenters. The van der Waals surface area contributed by atoms with E-state index in [2.05, 4.69) is 5.32 Å². The van der Waals surface area contributed by atoms with Crippen LogP contribution in [0.25, 0.3) is 0 Å². The SMILES string of the molecule is CCOCCCNC(=O)CN1CCN(c2ccc(F)cc2)C1=O. The fourth-order valence-corrected chi connectivity index (χ4v) is 2.37. The van der Waals surface area contributed by atoms with E-state index in [-0.39, 0.29) is 24.3 Å². The zero-order valence-corrected chi connectivity index (χ0v) is 13.3. The van der Waals surface area contributed by atoms with Crippen molar-refractivity contribution in [2.24, 2.45) is 0 Å². The molecule has 1 aromatic carbocycles. The first-order chi connectivity index (χ1) is 11.1. The Morgan fingerprint density at radius 3 is 2.74 bits per heavy atom. The largest absolute Gasteiger partial charge is 0.382 e. The molecule has 0 atom stereocenters. The van der Waals surface area contributed by atoms with Crippen molar-refractivity contribution in [3.63, 3.8) is 0 Å². The molecule has 6 nitrogen and oxygen atoms in total. The van der Waals surface area contributed by atoms with Crippen LogP contribution in [-0.4, -0.2) is 56.2 Å². The van der Waals surface area contributed by atoms with Crippen LogP contribution in [0.15, 0.2) is 24.3 Å². The average Bonchev–Trinajstić information content (AvgIpc) is 2.89. The Labute approximate surface area is 135 Å². The van der Waals surface area contributed by atoms with Gasteiger partial charge < -0.3 is 15.0 Å². The highest BCUT2D eigenvalue weighted by Gasteiger charge is 2.30. The van der Waals surface area contributed by atoms with Crippen molar-refractivity contribution in [1.29, 1.82) is 0 Å². The van der Waals surface area contributed by atoms with Gasteiger partial charge in [-0.15, -0.1) is 0 Å². The van der Waals surface area contributed by atoms with Gasteiger partial charge in [-0.05, 0) is 37.6 Å². The molecular formula is C16H22FN3O3. The van der Waals surface area contributed by atoms with Crippen LogP contribution in [0.5, 0.6) is 0 Å². The van der Waals surface area contributed by atoms with Crippen LogP contribution in [0, 0.1) is 5.82 Å². The lowest BCUT2D eigenvalue weighted by Crippen LogP contribution is -2.40. The quantitative estimate of drug-likeness (QED) is 0.739. The summed E-state index contributed by atoms with van der Waals surface area (Å²) in [5.41, 5.74) is 0.635. The molecule has 0 aromatic heterocycles. The van der Waals surface area contributed by atoms with Gasteiger partial charge in [0.15, 0.2) is 0 Å². The highest BCUT2D eigenvalue weighted by molar-refractivity contribution is 5.96. The van der Waals surface area contributed by atoms with Gasteiger partial charge >= 0.3 is 6.03 Å². The summed E-state index contributed by atoms with van der Waals surface area (Å²) in [5.74, 6) is -0.528. The van der Waals surface area contributed by atoms with Crippen LogP contribution in [0.4, 0.5) is 14.9 Å². The molecule has 1 aliphatic heterocycles. The summed E-state index contributed by atoms with van der Waals surface area (Å²) >= 11 is 0. The van der Waals surface area contributed by atoms with Crippen molar-refractivity contribution in [3.8, 4) is 0 Å². The van der Waals surface area contributed by atoms with Crippen molar-refractivity contribution >= 4 is 17.6 Å². The molecule has 1 heterocycles. The van der Waals surface area contributed by atoms with Crippen LogP contribution in [-0.2, 0) is 9.53 Å². The minimum Gasteiger partial charge on any atom is -0.382 e. The minimum absolute atomic E-state index is 0.0329. The molecule has 0 aliphatic carbocycles. The molecule has 126 valence electrons. The molecule has 7 heteroatoms. The maximum atomic E-state index is 12.9. The first-order valence-corrected chi connectivity index (χ1v) is 7.78. The molecule has 1 aliphatic rings. The number of anilines is 1. The van der Waals surface area contributed by atoms with E-state index in [0.717, 1.165) is 6.42 Å². The van der Waals surface area contributed by atoms with Gasteiger partial charge in [0.25, 0.3) is 0 Å². The number of carbonyl (C=O) groups excluding carboxylic acids is 2. The first-order valence-electron chi connectivity index (χ1n) is 7.78. The second-order valence-electron chi connectivity index (χ2n) is 5.23. The van der Waals surface area contributed by atoms with E-state index in [9.17, 15) is 14.0 Å². The minimum atomic E-state index is -0.344. The summed E-state index contributed by atoms with van der Waals surface area (Å²) < 4.78 is 18.1. The van der Waals surface area contributed by atoms with Crippen LogP contribution >= 0.6 is 0 Å². The van der Waals surface area contributed by atoms with Crippen molar-refractivity contribution in [1.82, 2.24) is 10.2 Å². The summed E-state index contributed by atoms with van der Waals surface area (Å²) in [7, 11) is 0. The lowest BCUT2D eigenvalue weighted by molar-refractivity contribution is -0.121. The van der Waals surface area contributed by atoms with Crippen molar-refractivity contribution < 1.29 is 18.7 Å². The number of amides is 3. The topological polar surface area (TPSA) is 61.9 Å². The van der Waals surface area contributed by atoms with Gasteiger partial charge in [0, 0.05) is 38.5 Å². The second kappa shape index (κ2) is 8.47. The Bertz CT molecular complexity index is 536. The summed E-state index contributed by atoms with van der Waals surface area (Å²) in [6.45, 7) is 4.72. The summed E-state index contributed by atoms with van der Waals surface area (Å²) in [5, 5.41) is 2.77. The maximum Gasteiger partial charge on any atom is 0.325 e. The van der Waals surface area contributed by atoms with Crippen molar-refractivity contribution in [3.05, 3.63) is 30.1 Å². The zero-order chi connectivity index (χ0) is 16.7. The zero-order valence-electron chi connectivity index (χ0n) is 13.3. The molecule has 0 spiro atoms. The molecule has 2 rings (SSSR count). The van der Waals surface area contributed by atoms with Gasteiger partial charge in [0.05, 0.1) is 0 Å². The van der Waals surface area contributed by atoms with Gasteiger partial charge in [-0.25, -0.2) is 9.18 Å². The molecule has 0 radical (unpaired) electrons. The Morgan fingerprint density at radius 1 is 1.30 bits per heavy atom. The Balaban J connectivity index is 1.78. The number of urea groups is 1. The van der Waals surface area contributed by atoms with E-state index in [0.29, 0.717) is 38.5 Å². The second-order valence-corrected chi connectivity index (χ2v) is 5.23. The lowest BCUT2D eigenvalue weighted by Gasteiger charge is -2.18. The number of halogens is 1. The third-order valence-corrected chi connectivity index (χ3v) is 3.56. The molecule has 3 amide bonds. The number of nitrogens with zero attached hydrogens (tertiary/aromatic N) is 2. The van der Waals surface area contributed by atoms with E-state index >= 15 is 0 Å². The number of ether oxygens (including phenoxy) is 1. The number of nitrogens with one attached hydrogen (secondary N) is 1. The third kappa shape index (κ3) is 4.92. The fourth-order valence-electron chi connectivity index (χ4n) is 2.37. The number of rotatable bonds is 8. The van der Waals surface area contributed by atoms with Crippen LogP contribution in [0.2, 0.25) is 0 Å². The summed E-state index contributed by atoms with van der Waals surface area (Å²) in [4.78, 5) is 27.2. The number of benzene rings is 1. The molecule has 1 aromatic rings. The standard InChI is InChI=1S/C16H22FN3O3/c1-2-23-11-3-8-18-15(21)12-19-9-10-20(16(19)22)14-6-4-13(17)5-7-14/h4-7H,2-3,8-12H2,1H3,(H,18,21). The summed E-state index contributed by atoms with van der Waals surface area (Å²) in [6.07, 6.45) is 0.745. The Hall–Kier alpha value is -2.15. The van der Waals surface area contributed by atoms with Crippen molar-refractivity contribution in [2.75, 3.05) is 44.3 Å². The third-order valence-electron chi connectivity index (χ3n) is 3.56. The van der Waals surface area contributed by atoms with E-state index < -0.39 is 0 Å². The Kier molecular flexibility index (Phi) is 6.34. The van der Waals surface area contributed by atoms with E-state index in [4.69, 9.17) is 4.74 Å². The van der Waals surface area contributed by atoms with Crippen molar-refractivity contribution in [2.45, 2.75) is 13.3 Å². The van der Waals surface area contributed by atoms with E-state index in [1.54, 1.807) is 17.0 Å². The molecular weight excluding hydrogens is 301 g/mol. The van der Waals surface area contributed by atoms with Crippen LogP contribution in [0.3, 0.4) is 0 Å². The maximum absolute atomic E-state index is 12.9.